The van der Waals surface area contributed by atoms with Crippen LogP contribution in [-0.4, -0.2) is 4.21 Å². The molecule has 0 saturated carbocycles. The van der Waals surface area contributed by atoms with Gasteiger partial charge >= 0.3 is 211 Å². The van der Waals surface area contributed by atoms with Gasteiger partial charge in [-0.25, -0.2) is 0 Å². The predicted molar refractivity (Wildman–Crippen MR) is 163 cm³/mol. The summed E-state index contributed by atoms with van der Waals surface area (Å²) < 4.78 is 11.0. The molecule has 0 radical (unpaired) electrons. The topological polar surface area (TPSA) is 0 Å². The number of halogens is 2. The molecule has 188 valence electrons. The third kappa shape index (κ3) is 4.95. The van der Waals surface area contributed by atoms with Gasteiger partial charge in [-0.1, -0.05) is 0 Å². The zero-order valence-electron chi connectivity index (χ0n) is 21.1. The second-order valence-corrected chi connectivity index (χ2v) is 25.1. The van der Waals surface area contributed by atoms with Gasteiger partial charge in [0, 0.05) is 0 Å². The molecule has 0 saturated heterocycles. The molecule has 0 N–H and O–H groups in total. The van der Waals surface area contributed by atoms with Gasteiger partial charge in [-0.05, 0) is 0 Å². The van der Waals surface area contributed by atoms with Crippen LogP contribution in [0.15, 0.2) is 125 Å². The first-order chi connectivity index (χ1) is 17.1. The molecule has 0 bridgehead atoms. The average molecular weight is 605 g/mol. The summed E-state index contributed by atoms with van der Waals surface area (Å²) in [4.78, 5) is 0. The van der Waals surface area contributed by atoms with Crippen LogP contribution in [0.5, 0.6) is 0 Å². The van der Waals surface area contributed by atoms with Crippen LogP contribution in [0.3, 0.4) is 0 Å². The van der Waals surface area contributed by atoms with Gasteiger partial charge in [-0.15, -0.1) is 24.8 Å². The Hall–Kier alpha value is -2.31. The quantitative estimate of drug-likeness (QED) is 0.175. The first-order valence-corrected chi connectivity index (χ1v) is 20.5. The SMILES string of the molecule is Cl.Cl.[CH2]=[Zr]([CH2]Cc1ccccc1)([CH2]c1ccccc1)([C]1=CC=CC1)[c]1cccc2c1Cc1ccccc1-2. The van der Waals surface area contributed by atoms with Crippen LogP contribution in [0.4, 0.5) is 0 Å². The first-order valence-electron chi connectivity index (χ1n) is 12.8. The third-order valence-corrected chi connectivity index (χ3v) is 24.9. The summed E-state index contributed by atoms with van der Waals surface area (Å²) in [6.07, 6.45) is 10.2. The van der Waals surface area contributed by atoms with Gasteiger partial charge < -0.3 is 0 Å². The molecule has 4 aromatic rings. The molecule has 3 heteroatoms. The van der Waals surface area contributed by atoms with Crippen molar-refractivity contribution in [2.24, 2.45) is 0 Å². The van der Waals surface area contributed by atoms with E-state index in [4.69, 9.17) is 4.21 Å². The summed E-state index contributed by atoms with van der Waals surface area (Å²) in [5.74, 6) is 0. The Kier molecular flexibility index (Phi) is 8.39. The Labute approximate surface area is 234 Å². The van der Waals surface area contributed by atoms with Crippen LogP contribution in [0.25, 0.3) is 11.1 Å². The average Bonchev–Trinajstić information content (AvgIpc) is 3.58. The molecule has 2 aliphatic rings. The van der Waals surface area contributed by atoms with Crippen LogP contribution >= 0.6 is 24.8 Å². The zero-order valence-corrected chi connectivity index (χ0v) is 25.2. The van der Waals surface area contributed by atoms with E-state index in [1.54, 1.807) is 12.1 Å². The molecule has 0 aromatic heterocycles. The summed E-state index contributed by atoms with van der Waals surface area (Å²) in [6.45, 7) is 0. The Morgan fingerprint density at radius 1 is 0.676 bits per heavy atom. The van der Waals surface area contributed by atoms with E-state index in [1.165, 1.54) is 31.9 Å². The predicted octanol–water partition coefficient (Wildman–Crippen LogP) is 8.55. The standard InChI is InChI=1S/C13H9.C8H9.C7H7.C5H5.CH2.2ClH.Zr/c1-3-7-12-10(5-1)9-11-6-2-4-8-13(11)12;1-2-8-6-4-3-5-7-8;1-7-5-3-2-4-6-7;1-2-4-5-3-1;;;;/h1-5,7-8H,9H2;3-7H,1-2H2;2-6H,1H2;1-3H,4H2;1H2;2*1H;. The van der Waals surface area contributed by atoms with E-state index in [9.17, 15) is 0 Å². The van der Waals surface area contributed by atoms with Gasteiger partial charge in [0.1, 0.15) is 0 Å². The zero-order chi connectivity index (χ0) is 23.7. The number of benzene rings is 4. The number of rotatable bonds is 7. The van der Waals surface area contributed by atoms with Crippen LogP contribution in [0.2, 0.25) is 4.13 Å². The van der Waals surface area contributed by atoms with Crippen molar-refractivity contribution in [2.45, 2.75) is 27.5 Å². The van der Waals surface area contributed by atoms with E-state index in [0.29, 0.717) is 0 Å². The van der Waals surface area contributed by atoms with Crippen molar-refractivity contribution in [1.29, 1.82) is 0 Å². The van der Waals surface area contributed by atoms with Crippen LogP contribution in [0, 0.1) is 0 Å². The van der Waals surface area contributed by atoms with E-state index < -0.39 is 18.3 Å². The second kappa shape index (κ2) is 11.2. The fourth-order valence-corrected chi connectivity index (χ4v) is 22.3. The number of hydrogen-bond acceptors (Lipinski definition) is 0. The molecule has 0 fully saturated rings. The molecule has 0 heterocycles. The number of fused-ring (bicyclic) bond motifs is 3. The van der Waals surface area contributed by atoms with Crippen molar-refractivity contribution in [1.82, 2.24) is 0 Å². The number of aryl methyl sites for hydroxylation is 1. The normalized spacial score (nSPS) is 13.7. The van der Waals surface area contributed by atoms with Gasteiger partial charge in [0.25, 0.3) is 0 Å². The van der Waals surface area contributed by atoms with Gasteiger partial charge in [-0.2, -0.15) is 0 Å². The van der Waals surface area contributed by atoms with Crippen molar-refractivity contribution >= 4 is 32.3 Å². The second-order valence-electron chi connectivity index (χ2n) is 10.6. The summed E-state index contributed by atoms with van der Waals surface area (Å²) in [5.41, 5.74) is 8.70. The summed E-state index contributed by atoms with van der Waals surface area (Å²) in [7, 11) is 0. The fraction of sp³-hybridized carbons (Fsp3) is 0.147. The van der Waals surface area contributed by atoms with Crippen molar-refractivity contribution in [2.75, 3.05) is 0 Å². The number of allylic oxidation sites excluding steroid dienone is 4. The molecular formula is C34H34Cl2Zr. The van der Waals surface area contributed by atoms with Crippen LogP contribution < -0.4 is 3.27 Å². The van der Waals surface area contributed by atoms with E-state index in [-0.39, 0.29) is 24.8 Å². The Morgan fingerprint density at radius 2 is 1.32 bits per heavy atom. The summed E-state index contributed by atoms with van der Waals surface area (Å²) in [5, 5.41) is 0. The summed E-state index contributed by atoms with van der Waals surface area (Å²) >= 11 is -4.06. The maximum absolute atomic E-state index is 5.51. The number of hydrogen-bond donors (Lipinski definition) is 0. The monoisotopic (exact) mass is 602 g/mol. The fourth-order valence-electron chi connectivity index (χ4n) is 6.65. The van der Waals surface area contributed by atoms with Crippen molar-refractivity contribution in [3.63, 3.8) is 0 Å². The van der Waals surface area contributed by atoms with E-state index in [0.717, 1.165) is 23.4 Å². The van der Waals surface area contributed by atoms with Crippen molar-refractivity contribution < 1.29 is 18.3 Å². The third-order valence-electron chi connectivity index (χ3n) is 8.50. The Bertz CT molecular complexity index is 1520. The minimum absolute atomic E-state index is 0. The molecule has 4 aromatic carbocycles. The van der Waals surface area contributed by atoms with Crippen LogP contribution in [0.1, 0.15) is 28.7 Å². The van der Waals surface area contributed by atoms with Gasteiger partial charge in [-0.3, -0.25) is 0 Å². The molecule has 0 unspecified atom stereocenters. The first kappa shape index (κ1) is 27.7. The maximum atomic E-state index is 5.51. The summed E-state index contributed by atoms with van der Waals surface area (Å²) in [6, 6.07) is 38.3. The molecule has 2 aliphatic carbocycles. The van der Waals surface area contributed by atoms with E-state index >= 15 is 0 Å². The van der Waals surface area contributed by atoms with Crippen molar-refractivity contribution in [3.8, 4) is 11.1 Å². The molecular weight excluding hydrogens is 571 g/mol. The van der Waals surface area contributed by atoms with Crippen molar-refractivity contribution in [3.05, 3.63) is 147 Å². The van der Waals surface area contributed by atoms with Gasteiger partial charge in [0.2, 0.25) is 0 Å². The van der Waals surface area contributed by atoms with Gasteiger partial charge in [0.15, 0.2) is 0 Å². The molecule has 0 atom stereocenters. The Morgan fingerprint density at radius 3 is 2.03 bits per heavy atom. The molecule has 0 nitrogen and oxygen atoms in total. The molecule has 37 heavy (non-hydrogen) atoms. The van der Waals surface area contributed by atoms with E-state index in [1.807, 2.05) is 0 Å². The Balaban J connectivity index is 0.00000160. The minimum atomic E-state index is -4.06. The van der Waals surface area contributed by atoms with Gasteiger partial charge in [0.05, 0.1) is 0 Å². The van der Waals surface area contributed by atoms with Crippen LogP contribution in [-0.2, 0) is 35.3 Å². The molecule has 6 rings (SSSR count). The van der Waals surface area contributed by atoms with E-state index in [2.05, 4.69) is 121 Å². The molecule has 0 amide bonds. The molecule has 0 aliphatic heterocycles. The molecule has 0 spiro atoms.